The van der Waals surface area contributed by atoms with Gasteiger partial charge in [-0.1, -0.05) is 36.4 Å². The molecular weight excluding hydrogens is 234 g/mol. The maximum atomic E-state index is 9.94. The zero-order chi connectivity index (χ0) is 12.6. The molecule has 0 radical (unpaired) electrons. The SMILES string of the molecule is CO[Si](CC=CN=C=O)(OC)c1ccccc1. The minimum Gasteiger partial charge on any atom is -0.394 e. The number of nitrogens with zero attached hydrogens (tertiary/aromatic N) is 1. The average molecular weight is 249 g/mol. The predicted octanol–water partition coefficient (Wildman–Crippen LogP) is 1.48. The summed E-state index contributed by atoms with van der Waals surface area (Å²) in [6, 6.07) is 10.4. The van der Waals surface area contributed by atoms with Crippen LogP contribution >= 0.6 is 0 Å². The number of benzene rings is 1. The summed E-state index contributed by atoms with van der Waals surface area (Å²) in [6.45, 7) is 0. The first-order chi connectivity index (χ1) is 8.29. The molecule has 0 amide bonds. The van der Waals surface area contributed by atoms with Crippen molar-refractivity contribution < 1.29 is 13.6 Å². The van der Waals surface area contributed by atoms with E-state index in [0.29, 0.717) is 6.04 Å². The molecule has 0 heterocycles. The van der Waals surface area contributed by atoms with Crippen molar-refractivity contribution in [3.05, 3.63) is 42.6 Å². The first-order valence-electron chi connectivity index (χ1n) is 5.17. The highest BCUT2D eigenvalue weighted by atomic mass is 28.4. The smallest absolute Gasteiger partial charge is 0.375 e. The van der Waals surface area contributed by atoms with E-state index in [4.69, 9.17) is 8.85 Å². The second kappa shape index (κ2) is 6.93. The minimum atomic E-state index is -2.45. The van der Waals surface area contributed by atoms with E-state index in [0.717, 1.165) is 5.19 Å². The normalized spacial score (nSPS) is 11.4. The molecule has 0 saturated heterocycles. The quantitative estimate of drug-likeness (QED) is 0.436. The van der Waals surface area contributed by atoms with Crippen LogP contribution in [0.3, 0.4) is 0 Å². The zero-order valence-corrected chi connectivity index (χ0v) is 10.9. The van der Waals surface area contributed by atoms with E-state index in [1.807, 2.05) is 30.3 Å². The van der Waals surface area contributed by atoms with Gasteiger partial charge in [-0.15, -0.1) is 0 Å². The summed E-state index contributed by atoms with van der Waals surface area (Å²) < 4.78 is 11.2. The topological polar surface area (TPSA) is 47.9 Å². The number of hydrogen-bond donors (Lipinski definition) is 0. The Morgan fingerprint density at radius 1 is 1.29 bits per heavy atom. The molecule has 1 rings (SSSR count). The van der Waals surface area contributed by atoms with Gasteiger partial charge in [0, 0.05) is 26.5 Å². The molecule has 0 unspecified atom stereocenters. The van der Waals surface area contributed by atoms with Crippen LogP contribution in [0.2, 0.25) is 6.04 Å². The fourth-order valence-corrected chi connectivity index (χ4v) is 3.91. The first-order valence-corrected chi connectivity index (χ1v) is 7.19. The maximum absolute atomic E-state index is 9.94. The van der Waals surface area contributed by atoms with Crippen LogP contribution in [-0.4, -0.2) is 28.9 Å². The zero-order valence-electron chi connectivity index (χ0n) is 9.92. The summed E-state index contributed by atoms with van der Waals surface area (Å²) in [5.74, 6) is 0. The van der Waals surface area contributed by atoms with Gasteiger partial charge >= 0.3 is 8.56 Å². The van der Waals surface area contributed by atoms with Crippen LogP contribution in [0.25, 0.3) is 0 Å². The van der Waals surface area contributed by atoms with Gasteiger partial charge in [0.25, 0.3) is 0 Å². The van der Waals surface area contributed by atoms with Crippen molar-refractivity contribution in [2.75, 3.05) is 14.2 Å². The van der Waals surface area contributed by atoms with Crippen LogP contribution in [0.1, 0.15) is 0 Å². The Morgan fingerprint density at radius 3 is 2.47 bits per heavy atom. The van der Waals surface area contributed by atoms with Crippen LogP contribution in [0.5, 0.6) is 0 Å². The Balaban J connectivity index is 2.93. The Morgan fingerprint density at radius 2 is 1.94 bits per heavy atom. The Labute approximate surface area is 102 Å². The molecule has 0 atom stereocenters. The molecule has 4 nitrogen and oxygen atoms in total. The Bertz CT molecular complexity index is 409. The van der Waals surface area contributed by atoms with Gasteiger partial charge in [-0.3, -0.25) is 0 Å². The molecule has 0 bridgehead atoms. The molecule has 1 aromatic rings. The van der Waals surface area contributed by atoms with Crippen LogP contribution in [-0.2, 0) is 13.6 Å². The fraction of sp³-hybridized carbons (Fsp3) is 0.250. The van der Waals surface area contributed by atoms with E-state index in [1.165, 1.54) is 12.3 Å². The van der Waals surface area contributed by atoms with Crippen molar-refractivity contribution in [2.45, 2.75) is 6.04 Å². The second-order valence-electron chi connectivity index (χ2n) is 3.34. The molecule has 0 aliphatic carbocycles. The number of allylic oxidation sites excluding steroid dienone is 1. The van der Waals surface area contributed by atoms with Crippen molar-refractivity contribution in [2.24, 2.45) is 4.99 Å². The lowest BCUT2D eigenvalue weighted by molar-refractivity contribution is 0.261. The van der Waals surface area contributed by atoms with Gasteiger partial charge in [0.05, 0.1) is 0 Å². The van der Waals surface area contributed by atoms with Crippen LogP contribution in [0.15, 0.2) is 47.6 Å². The monoisotopic (exact) mass is 249 g/mol. The van der Waals surface area contributed by atoms with Crippen LogP contribution in [0.4, 0.5) is 0 Å². The van der Waals surface area contributed by atoms with Crippen LogP contribution < -0.4 is 5.19 Å². The maximum Gasteiger partial charge on any atom is 0.375 e. The van der Waals surface area contributed by atoms with Gasteiger partial charge in [-0.25, -0.2) is 4.79 Å². The molecule has 0 saturated carbocycles. The van der Waals surface area contributed by atoms with E-state index in [2.05, 4.69) is 4.99 Å². The third-order valence-corrected chi connectivity index (χ3v) is 5.80. The highest BCUT2D eigenvalue weighted by Crippen LogP contribution is 2.13. The number of hydrogen-bond acceptors (Lipinski definition) is 4. The molecule has 17 heavy (non-hydrogen) atoms. The molecule has 90 valence electrons. The minimum absolute atomic E-state index is 0.592. The number of carbonyl (C=O) groups excluding carboxylic acids is 1. The number of isocyanates is 1. The van der Waals surface area contributed by atoms with Crippen molar-refractivity contribution in [3.8, 4) is 0 Å². The molecular formula is C12H15NO3Si. The second-order valence-corrected chi connectivity index (χ2v) is 6.64. The lowest BCUT2D eigenvalue weighted by atomic mass is 10.4. The van der Waals surface area contributed by atoms with E-state index in [1.54, 1.807) is 20.3 Å². The lowest BCUT2D eigenvalue weighted by Crippen LogP contribution is -2.51. The fourth-order valence-electron chi connectivity index (χ4n) is 1.59. The molecule has 0 aromatic heterocycles. The van der Waals surface area contributed by atoms with Crippen molar-refractivity contribution in [1.29, 1.82) is 0 Å². The predicted molar refractivity (Wildman–Crippen MR) is 67.9 cm³/mol. The number of aliphatic imine (C=N–C) groups is 1. The highest BCUT2D eigenvalue weighted by molar-refractivity contribution is 6.81. The highest BCUT2D eigenvalue weighted by Gasteiger charge is 2.36. The van der Waals surface area contributed by atoms with Crippen molar-refractivity contribution in [1.82, 2.24) is 0 Å². The third kappa shape index (κ3) is 3.47. The Kier molecular flexibility index (Phi) is 5.52. The van der Waals surface area contributed by atoms with Crippen molar-refractivity contribution >= 4 is 19.8 Å². The van der Waals surface area contributed by atoms with Gasteiger partial charge in [0.15, 0.2) is 0 Å². The Hall–Kier alpha value is -1.52. The van der Waals surface area contributed by atoms with E-state index in [9.17, 15) is 4.79 Å². The summed E-state index contributed by atoms with van der Waals surface area (Å²) >= 11 is 0. The molecule has 0 aliphatic heterocycles. The average Bonchev–Trinajstić information content (AvgIpc) is 2.41. The summed E-state index contributed by atoms with van der Waals surface area (Å²) in [5, 5.41) is 1.05. The summed E-state index contributed by atoms with van der Waals surface area (Å²) in [6.07, 6.45) is 4.63. The largest absolute Gasteiger partial charge is 0.394 e. The molecule has 0 N–H and O–H groups in total. The van der Waals surface area contributed by atoms with E-state index < -0.39 is 8.56 Å². The summed E-state index contributed by atoms with van der Waals surface area (Å²) in [7, 11) is 0.831. The molecule has 1 aromatic carbocycles. The first kappa shape index (κ1) is 13.5. The van der Waals surface area contributed by atoms with Gasteiger partial charge in [0.1, 0.15) is 0 Å². The third-order valence-electron chi connectivity index (χ3n) is 2.49. The standard InChI is InChI=1S/C12H15NO3Si/c1-15-17(16-2,10-6-9-13-11-14)12-7-4-3-5-8-12/h3-9H,10H2,1-2H3. The van der Waals surface area contributed by atoms with Gasteiger partial charge in [-0.05, 0) is 5.19 Å². The number of rotatable bonds is 6. The lowest BCUT2D eigenvalue weighted by Gasteiger charge is -2.26. The molecule has 5 heteroatoms. The summed E-state index contributed by atoms with van der Waals surface area (Å²) in [4.78, 5) is 13.3. The van der Waals surface area contributed by atoms with Gasteiger partial charge < -0.3 is 8.85 Å². The van der Waals surface area contributed by atoms with E-state index >= 15 is 0 Å². The molecule has 0 spiro atoms. The van der Waals surface area contributed by atoms with Crippen LogP contribution in [0, 0.1) is 0 Å². The van der Waals surface area contributed by atoms with Gasteiger partial charge in [-0.2, -0.15) is 4.99 Å². The van der Waals surface area contributed by atoms with Crippen molar-refractivity contribution in [3.63, 3.8) is 0 Å². The molecule has 0 fully saturated rings. The summed E-state index contributed by atoms with van der Waals surface area (Å²) in [5.41, 5.74) is 0. The molecule has 0 aliphatic rings. The van der Waals surface area contributed by atoms with Gasteiger partial charge in [0.2, 0.25) is 6.08 Å². The van der Waals surface area contributed by atoms with E-state index in [-0.39, 0.29) is 0 Å².